The average Bonchev–Trinajstić information content (AvgIpc) is 3.39. The number of hydrogen-bond donors (Lipinski definition) is 0. The molecule has 1 aliphatic carbocycles. The van der Waals surface area contributed by atoms with Crippen molar-refractivity contribution in [1.82, 2.24) is 19.9 Å². The van der Waals surface area contributed by atoms with Gasteiger partial charge < -0.3 is 0 Å². The first-order chi connectivity index (χ1) is 24.0. The van der Waals surface area contributed by atoms with E-state index in [0.29, 0.717) is 5.82 Å². The Balaban J connectivity index is 1.14. The van der Waals surface area contributed by atoms with Crippen molar-refractivity contribution in [2.75, 3.05) is 0 Å². The summed E-state index contributed by atoms with van der Waals surface area (Å²) in [6, 6.07) is 47.5. The van der Waals surface area contributed by atoms with Gasteiger partial charge in [0, 0.05) is 34.5 Å². The third-order valence-corrected chi connectivity index (χ3v) is 10.3. The Morgan fingerprint density at radius 1 is 0.469 bits per heavy atom. The van der Waals surface area contributed by atoms with Crippen LogP contribution < -0.4 is 0 Å². The van der Waals surface area contributed by atoms with Gasteiger partial charge >= 0.3 is 0 Å². The molecule has 0 N–H and O–H groups in total. The predicted octanol–water partition coefficient (Wildman–Crippen LogP) is 11.1. The third-order valence-electron chi connectivity index (χ3n) is 10.3. The normalized spacial score (nSPS) is 13.3. The SMILES string of the molecule is CC1(C)c2cccnc2-c2ncc(-c3cc(-c4cccc(-c5ccc6ccc7cccc8ccc5c6c78)c4)nc(-c4ccccc4)n3)cc21. The van der Waals surface area contributed by atoms with E-state index in [9.17, 15) is 0 Å². The van der Waals surface area contributed by atoms with Gasteiger partial charge in [-0.1, -0.05) is 123 Å². The number of pyridine rings is 2. The quantitative estimate of drug-likeness (QED) is 0.182. The van der Waals surface area contributed by atoms with Crippen LogP contribution in [0.3, 0.4) is 0 Å². The monoisotopic (exact) mass is 626 g/mol. The Morgan fingerprint density at radius 3 is 1.98 bits per heavy atom. The zero-order valence-corrected chi connectivity index (χ0v) is 27.1. The van der Waals surface area contributed by atoms with E-state index < -0.39 is 0 Å². The molecule has 0 saturated carbocycles. The summed E-state index contributed by atoms with van der Waals surface area (Å²) in [5.41, 5.74) is 11.1. The fraction of sp³-hybridized carbons (Fsp3) is 0.0667. The van der Waals surface area contributed by atoms with E-state index in [1.54, 1.807) is 0 Å². The van der Waals surface area contributed by atoms with Crippen LogP contribution in [0.1, 0.15) is 25.0 Å². The molecule has 0 atom stereocenters. The van der Waals surface area contributed by atoms with Crippen molar-refractivity contribution in [3.05, 3.63) is 157 Å². The van der Waals surface area contributed by atoms with Gasteiger partial charge in [0.05, 0.1) is 22.8 Å². The van der Waals surface area contributed by atoms with Crippen molar-refractivity contribution in [2.24, 2.45) is 0 Å². The first-order valence-electron chi connectivity index (χ1n) is 16.7. The molecule has 0 aliphatic heterocycles. The van der Waals surface area contributed by atoms with E-state index in [-0.39, 0.29) is 5.41 Å². The van der Waals surface area contributed by atoms with Gasteiger partial charge in [0.2, 0.25) is 0 Å². The molecule has 3 heterocycles. The fourth-order valence-corrected chi connectivity index (χ4v) is 7.81. The second kappa shape index (κ2) is 10.4. The van der Waals surface area contributed by atoms with Gasteiger partial charge in [-0.15, -0.1) is 0 Å². The van der Waals surface area contributed by atoms with Crippen LogP contribution in [0.25, 0.3) is 88.7 Å². The highest BCUT2D eigenvalue weighted by molar-refractivity contribution is 6.25. The van der Waals surface area contributed by atoms with Gasteiger partial charge in [0.25, 0.3) is 0 Å². The highest BCUT2D eigenvalue weighted by Gasteiger charge is 2.37. The molecule has 0 saturated heterocycles. The van der Waals surface area contributed by atoms with Crippen LogP contribution in [0.15, 0.2) is 146 Å². The van der Waals surface area contributed by atoms with Gasteiger partial charge in [-0.05, 0) is 78.8 Å². The fourth-order valence-electron chi connectivity index (χ4n) is 7.81. The molecule has 0 amide bonds. The molecule has 9 aromatic rings. The van der Waals surface area contributed by atoms with E-state index in [1.807, 2.05) is 36.7 Å². The van der Waals surface area contributed by atoms with E-state index in [2.05, 4.69) is 123 Å². The van der Waals surface area contributed by atoms with Crippen molar-refractivity contribution in [3.8, 4) is 56.4 Å². The molecule has 0 fully saturated rings. The van der Waals surface area contributed by atoms with Gasteiger partial charge in [0.15, 0.2) is 5.82 Å². The van der Waals surface area contributed by atoms with Crippen LogP contribution in [-0.4, -0.2) is 19.9 Å². The topological polar surface area (TPSA) is 51.6 Å². The molecular formula is C45H30N4. The molecule has 0 radical (unpaired) electrons. The van der Waals surface area contributed by atoms with Crippen molar-refractivity contribution in [3.63, 3.8) is 0 Å². The highest BCUT2D eigenvalue weighted by atomic mass is 14.9. The number of benzene rings is 6. The predicted molar refractivity (Wildman–Crippen MR) is 201 cm³/mol. The van der Waals surface area contributed by atoms with Crippen LogP contribution in [0.4, 0.5) is 0 Å². The van der Waals surface area contributed by atoms with Crippen molar-refractivity contribution in [2.45, 2.75) is 19.3 Å². The van der Waals surface area contributed by atoms with Gasteiger partial charge in [-0.2, -0.15) is 0 Å². The lowest BCUT2D eigenvalue weighted by Crippen LogP contribution is -2.15. The lowest BCUT2D eigenvalue weighted by molar-refractivity contribution is 0.658. The molecule has 0 bridgehead atoms. The molecule has 4 heteroatoms. The van der Waals surface area contributed by atoms with E-state index in [0.717, 1.165) is 50.6 Å². The summed E-state index contributed by atoms with van der Waals surface area (Å²) in [4.78, 5) is 19.9. The van der Waals surface area contributed by atoms with E-state index >= 15 is 0 Å². The second-order valence-corrected chi connectivity index (χ2v) is 13.5. The Labute approximate surface area is 284 Å². The second-order valence-electron chi connectivity index (χ2n) is 13.5. The smallest absolute Gasteiger partial charge is 0.160 e. The maximum atomic E-state index is 5.16. The Morgan fingerprint density at radius 2 is 1.14 bits per heavy atom. The van der Waals surface area contributed by atoms with Crippen LogP contribution in [0, 0.1) is 0 Å². The Kier molecular flexibility index (Phi) is 5.89. The van der Waals surface area contributed by atoms with Gasteiger partial charge in [0.1, 0.15) is 0 Å². The molecule has 0 spiro atoms. The van der Waals surface area contributed by atoms with Crippen LogP contribution in [0.2, 0.25) is 0 Å². The molecule has 4 nitrogen and oxygen atoms in total. The number of fused-ring (bicyclic) bond motifs is 3. The third kappa shape index (κ3) is 4.24. The molecule has 6 aromatic carbocycles. The minimum atomic E-state index is -0.213. The van der Waals surface area contributed by atoms with E-state index in [1.165, 1.54) is 43.4 Å². The summed E-state index contributed by atoms with van der Waals surface area (Å²) >= 11 is 0. The Bertz CT molecular complexity index is 2730. The maximum absolute atomic E-state index is 5.16. The molecule has 3 aromatic heterocycles. The van der Waals surface area contributed by atoms with Gasteiger partial charge in [-0.3, -0.25) is 9.97 Å². The number of aromatic nitrogens is 4. The first kappa shape index (κ1) is 27.8. The molecule has 0 unspecified atom stereocenters. The van der Waals surface area contributed by atoms with Crippen LogP contribution >= 0.6 is 0 Å². The first-order valence-corrected chi connectivity index (χ1v) is 16.7. The van der Waals surface area contributed by atoms with Crippen LogP contribution in [0.5, 0.6) is 0 Å². The standard InChI is InChI=1S/C45H30N4/c1-45(2)36-15-8-22-46-42(36)43-37(45)24-33(26-47-43)39-25-38(48-44(49-39)30-9-4-3-5-10-30)32-14-7-13-31(23-32)34-20-18-29-17-16-27-11-6-12-28-19-21-35(34)41(29)40(27)28/h3-26H,1-2H3. The zero-order valence-electron chi connectivity index (χ0n) is 27.1. The largest absolute Gasteiger partial charge is 0.254 e. The van der Waals surface area contributed by atoms with Crippen molar-refractivity contribution in [1.29, 1.82) is 0 Å². The summed E-state index contributed by atoms with van der Waals surface area (Å²) in [6.45, 7) is 4.49. The van der Waals surface area contributed by atoms with Crippen molar-refractivity contribution >= 4 is 32.3 Å². The lowest BCUT2D eigenvalue weighted by Gasteiger charge is -2.21. The molecule has 230 valence electrons. The summed E-state index contributed by atoms with van der Waals surface area (Å²) in [7, 11) is 0. The summed E-state index contributed by atoms with van der Waals surface area (Å²) in [5.74, 6) is 0.686. The van der Waals surface area contributed by atoms with E-state index in [4.69, 9.17) is 19.9 Å². The number of rotatable bonds is 4. The maximum Gasteiger partial charge on any atom is 0.160 e. The summed E-state index contributed by atoms with van der Waals surface area (Å²) in [5, 5.41) is 7.71. The molecule has 49 heavy (non-hydrogen) atoms. The molecule has 10 rings (SSSR count). The van der Waals surface area contributed by atoms with Crippen LogP contribution in [-0.2, 0) is 5.41 Å². The lowest BCUT2D eigenvalue weighted by atomic mass is 9.83. The van der Waals surface area contributed by atoms with Gasteiger partial charge in [-0.25, -0.2) is 9.97 Å². The highest BCUT2D eigenvalue weighted by Crippen LogP contribution is 2.47. The zero-order chi connectivity index (χ0) is 32.7. The molecular weight excluding hydrogens is 597 g/mol. The average molecular weight is 627 g/mol. The summed E-state index contributed by atoms with van der Waals surface area (Å²) in [6.07, 6.45) is 3.78. The summed E-state index contributed by atoms with van der Waals surface area (Å²) < 4.78 is 0. The minimum absolute atomic E-state index is 0.213. The van der Waals surface area contributed by atoms with Crippen molar-refractivity contribution < 1.29 is 0 Å². The Hall–Kier alpha value is -6.26. The number of nitrogens with zero attached hydrogens (tertiary/aromatic N) is 4. The minimum Gasteiger partial charge on any atom is -0.254 e. The molecule has 1 aliphatic rings. The number of hydrogen-bond acceptors (Lipinski definition) is 4.